The van der Waals surface area contributed by atoms with Crippen LogP contribution in [0.15, 0.2) is 18.2 Å². The summed E-state index contributed by atoms with van der Waals surface area (Å²) >= 11 is 0. The third kappa shape index (κ3) is 2.23. The molecule has 1 unspecified atom stereocenters. The van der Waals surface area contributed by atoms with Crippen LogP contribution < -0.4 is 5.73 Å². The Morgan fingerprint density at radius 1 is 1.45 bits per heavy atom. The van der Waals surface area contributed by atoms with Crippen molar-refractivity contribution in [3.8, 4) is 0 Å². The van der Waals surface area contributed by atoms with Gasteiger partial charge in [-0.05, 0) is 24.1 Å². The smallest absolute Gasteiger partial charge is 0.368 e. The number of rotatable bonds is 3. The fourth-order valence-electron chi connectivity index (χ4n) is 2.45. The third-order valence-corrected chi connectivity index (χ3v) is 3.39. The Morgan fingerprint density at radius 2 is 2.10 bits per heavy atom. The highest BCUT2D eigenvalue weighted by Crippen LogP contribution is 2.37. The van der Waals surface area contributed by atoms with Crippen molar-refractivity contribution < 1.29 is 22.8 Å². The maximum absolute atomic E-state index is 12.9. The minimum absolute atomic E-state index is 0.0143. The fourth-order valence-corrected chi connectivity index (χ4v) is 2.45. The Morgan fingerprint density at radius 3 is 2.60 bits per heavy atom. The average molecular weight is 286 g/mol. The van der Waals surface area contributed by atoms with Gasteiger partial charge in [-0.15, -0.1) is 0 Å². The van der Waals surface area contributed by atoms with Gasteiger partial charge in [0.1, 0.15) is 6.04 Å². The molecule has 0 aliphatic carbocycles. The Labute approximate surface area is 113 Å². The number of fused-ring (bicyclic) bond motifs is 1. The summed E-state index contributed by atoms with van der Waals surface area (Å²) in [6, 6.07) is 2.56. The van der Waals surface area contributed by atoms with Gasteiger partial charge in [0.15, 0.2) is 0 Å². The first-order valence-corrected chi connectivity index (χ1v) is 6.06. The molecule has 0 spiro atoms. The Kier molecular flexibility index (Phi) is 3.45. The first-order chi connectivity index (χ1) is 9.27. The predicted octanol–water partition coefficient (Wildman–Crippen LogP) is 1.93. The lowest BCUT2D eigenvalue weighted by atomic mass is 10.0. The Bertz CT molecular complexity index is 569. The zero-order valence-electron chi connectivity index (χ0n) is 10.7. The zero-order valence-corrected chi connectivity index (χ0v) is 10.7. The summed E-state index contributed by atoms with van der Waals surface area (Å²) in [4.78, 5) is 24.5. The lowest BCUT2D eigenvalue weighted by molar-refractivity contribution is -0.138. The molecular formula is C13H13F3N2O2. The van der Waals surface area contributed by atoms with E-state index in [2.05, 4.69) is 0 Å². The van der Waals surface area contributed by atoms with E-state index in [4.69, 9.17) is 5.73 Å². The van der Waals surface area contributed by atoms with E-state index in [0.717, 1.165) is 11.0 Å². The van der Waals surface area contributed by atoms with Gasteiger partial charge in [-0.3, -0.25) is 9.59 Å². The maximum Gasteiger partial charge on any atom is 0.416 e. The molecule has 2 rings (SSSR count). The molecular weight excluding hydrogens is 273 g/mol. The Hall–Kier alpha value is -2.05. The monoisotopic (exact) mass is 286 g/mol. The minimum atomic E-state index is -4.53. The molecule has 1 aliphatic rings. The van der Waals surface area contributed by atoms with Crippen molar-refractivity contribution in [2.75, 3.05) is 0 Å². The van der Waals surface area contributed by atoms with E-state index in [9.17, 15) is 22.8 Å². The number of primary amides is 1. The highest BCUT2D eigenvalue weighted by molar-refractivity contribution is 6.01. The summed E-state index contributed by atoms with van der Waals surface area (Å²) in [7, 11) is 0. The van der Waals surface area contributed by atoms with E-state index in [1.165, 1.54) is 12.1 Å². The van der Waals surface area contributed by atoms with Gasteiger partial charge in [0.2, 0.25) is 5.91 Å². The van der Waals surface area contributed by atoms with Gasteiger partial charge in [0.25, 0.3) is 5.91 Å². The summed E-state index contributed by atoms with van der Waals surface area (Å²) in [5.74, 6) is -1.31. The second-order valence-corrected chi connectivity index (χ2v) is 4.59. The molecule has 1 aromatic carbocycles. The number of alkyl halides is 3. The normalized spacial score (nSPS) is 16.2. The second-order valence-electron chi connectivity index (χ2n) is 4.59. The van der Waals surface area contributed by atoms with Crippen molar-refractivity contribution in [3.05, 3.63) is 34.9 Å². The van der Waals surface area contributed by atoms with Crippen molar-refractivity contribution in [2.24, 2.45) is 5.73 Å². The number of hydrogen-bond donors (Lipinski definition) is 1. The fraction of sp³-hybridized carbons (Fsp3) is 0.385. The molecule has 7 heteroatoms. The molecule has 108 valence electrons. The van der Waals surface area contributed by atoms with Crippen molar-refractivity contribution in [1.29, 1.82) is 0 Å². The average Bonchev–Trinajstić information content (AvgIpc) is 2.66. The van der Waals surface area contributed by atoms with Crippen LogP contribution >= 0.6 is 0 Å². The summed E-state index contributed by atoms with van der Waals surface area (Å²) in [6.07, 6.45) is -4.27. The van der Waals surface area contributed by atoms with Crippen LogP contribution in [-0.2, 0) is 17.5 Å². The molecule has 0 bridgehead atoms. The van der Waals surface area contributed by atoms with Crippen molar-refractivity contribution in [2.45, 2.75) is 32.1 Å². The van der Waals surface area contributed by atoms with Crippen LogP contribution in [0.1, 0.15) is 34.8 Å². The number of benzene rings is 1. The number of carbonyl (C=O) groups is 2. The van der Waals surface area contributed by atoms with E-state index in [1.54, 1.807) is 6.92 Å². The summed E-state index contributed by atoms with van der Waals surface area (Å²) in [5.41, 5.74) is 4.24. The number of amides is 2. The van der Waals surface area contributed by atoms with Crippen LogP contribution in [0.5, 0.6) is 0 Å². The molecule has 1 aromatic rings. The number of nitrogens with zero attached hydrogens (tertiary/aromatic N) is 1. The number of carbonyl (C=O) groups excluding carboxylic acids is 2. The molecule has 0 saturated carbocycles. The minimum Gasteiger partial charge on any atom is -0.368 e. The van der Waals surface area contributed by atoms with Crippen LogP contribution in [0.4, 0.5) is 13.2 Å². The van der Waals surface area contributed by atoms with Crippen LogP contribution in [0.25, 0.3) is 0 Å². The summed E-state index contributed by atoms with van der Waals surface area (Å²) in [6.45, 7) is 1.40. The summed E-state index contributed by atoms with van der Waals surface area (Å²) in [5, 5.41) is 0. The van der Waals surface area contributed by atoms with Crippen LogP contribution in [-0.4, -0.2) is 22.8 Å². The molecule has 0 saturated heterocycles. The molecule has 20 heavy (non-hydrogen) atoms. The van der Waals surface area contributed by atoms with Crippen molar-refractivity contribution in [3.63, 3.8) is 0 Å². The lowest BCUT2D eigenvalue weighted by Crippen LogP contribution is -2.44. The highest BCUT2D eigenvalue weighted by Gasteiger charge is 2.41. The van der Waals surface area contributed by atoms with E-state index in [-0.39, 0.29) is 24.1 Å². The Balaban J connectivity index is 2.46. The number of nitrogens with two attached hydrogens (primary N) is 1. The predicted molar refractivity (Wildman–Crippen MR) is 64.6 cm³/mol. The van der Waals surface area contributed by atoms with E-state index < -0.39 is 29.6 Å². The molecule has 4 nitrogen and oxygen atoms in total. The van der Waals surface area contributed by atoms with Gasteiger partial charge in [0.05, 0.1) is 5.56 Å². The molecule has 2 N–H and O–H groups in total. The van der Waals surface area contributed by atoms with Crippen LogP contribution in [0.3, 0.4) is 0 Å². The third-order valence-electron chi connectivity index (χ3n) is 3.39. The number of hydrogen-bond acceptors (Lipinski definition) is 2. The molecule has 0 fully saturated rings. The molecule has 1 aliphatic heterocycles. The van der Waals surface area contributed by atoms with E-state index in [0.29, 0.717) is 0 Å². The first kappa shape index (κ1) is 14.4. The largest absolute Gasteiger partial charge is 0.416 e. The molecule has 1 atom stereocenters. The lowest BCUT2D eigenvalue weighted by Gasteiger charge is -2.23. The van der Waals surface area contributed by atoms with Gasteiger partial charge >= 0.3 is 6.18 Å². The maximum atomic E-state index is 12.9. The van der Waals surface area contributed by atoms with E-state index in [1.807, 2.05) is 0 Å². The first-order valence-electron chi connectivity index (χ1n) is 6.06. The molecule has 1 heterocycles. The van der Waals surface area contributed by atoms with Gasteiger partial charge in [0, 0.05) is 12.1 Å². The van der Waals surface area contributed by atoms with Crippen molar-refractivity contribution >= 4 is 11.8 Å². The zero-order chi connectivity index (χ0) is 15.1. The second kappa shape index (κ2) is 4.81. The highest BCUT2D eigenvalue weighted by atomic mass is 19.4. The SMILES string of the molecule is CCC(C(N)=O)N1Cc2c(cccc2C(F)(F)F)C1=O. The standard InChI is InChI=1S/C13H13F3N2O2/c1-2-10(11(17)19)18-6-8-7(12(18)20)4-3-5-9(8)13(14,15)16/h3-5,10H,2,6H2,1H3,(H2,17,19). The summed E-state index contributed by atoms with van der Waals surface area (Å²) < 4.78 is 38.8. The van der Waals surface area contributed by atoms with Crippen molar-refractivity contribution in [1.82, 2.24) is 4.90 Å². The van der Waals surface area contributed by atoms with Crippen LogP contribution in [0, 0.1) is 0 Å². The number of halogens is 3. The van der Waals surface area contributed by atoms with Gasteiger partial charge < -0.3 is 10.6 Å². The van der Waals surface area contributed by atoms with E-state index >= 15 is 0 Å². The topological polar surface area (TPSA) is 63.4 Å². The molecule has 0 aromatic heterocycles. The molecule has 2 amide bonds. The van der Waals surface area contributed by atoms with Crippen LogP contribution in [0.2, 0.25) is 0 Å². The van der Waals surface area contributed by atoms with Gasteiger partial charge in [-0.1, -0.05) is 13.0 Å². The van der Waals surface area contributed by atoms with Gasteiger partial charge in [-0.25, -0.2) is 0 Å². The van der Waals surface area contributed by atoms with Gasteiger partial charge in [-0.2, -0.15) is 13.2 Å². The quantitative estimate of drug-likeness (QED) is 0.922. The molecule has 0 radical (unpaired) electrons.